The van der Waals surface area contributed by atoms with E-state index < -0.39 is 10.0 Å². The first kappa shape index (κ1) is 21.0. The van der Waals surface area contributed by atoms with Gasteiger partial charge in [0.2, 0.25) is 15.9 Å². The second kappa shape index (κ2) is 8.35. The van der Waals surface area contributed by atoms with Crippen LogP contribution in [0.3, 0.4) is 0 Å². The number of likely N-dealkylation sites (N-methyl/N-ethyl adjacent to an activating group) is 1. The van der Waals surface area contributed by atoms with Crippen LogP contribution in [0.4, 0.5) is 0 Å². The van der Waals surface area contributed by atoms with Gasteiger partial charge in [0.25, 0.3) is 0 Å². The van der Waals surface area contributed by atoms with Crippen LogP contribution in [-0.2, 0) is 14.8 Å². The molecule has 3 aromatic rings. The van der Waals surface area contributed by atoms with Gasteiger partial charge in [-0.15, -0.1) is 0 Å². The second-order valence-electron chi connectivity index (χ2n) is 7.42. The van der Waals surface area contributed by atoms with Gasteiger partial charge in [-0.25, -0.2) is 8.42 Å². The molecule has 0 aliphatic carbocycles. The molecule has 152 valence electrons. The molecule has 0 radical (unpaired) electrons. The Morgan fingerprint density at radius 2 is 1.69 bits per heavy atom. The molecule has 0 saturated heterocycles. The standard InChI is InChI=1S/C23H26N2O3S/c1-16-9-12-22(17(2)13-16)18(3)24-23(26)15-25(4)29(27,28)21-11-10-19-7-5-6-8-20(19)14-21/h5-14,18H,15H2,1-4H3,(H,24,26). The summed E-state index contributed by atoms with van der Waals surface area (Å²) in [6.45, 7) is 5.67. The zero-order valence-electron chi connectivity index (χ0n) is 17.1. The van der Waals surface area contributed by atoms with E-state index in [0.29, 0.717) is 0 Å². The molecule has 0 fully saturated rings. The van der Waals surface area contributed by atoms with E-state index in [9.17, 15) is 13.2 Å². The minimum absolute atomic E-state index is 0.175. The van der Waals surface area contributed by atoms with Crippen LogP contribution in [0, 0.1) is 13.8 Å². The summed E-state index contributed by atoms with van der Waals surface area (Å²) in [5.41, 5.74) is 3.27. The lowest BCUT2D eigenvalue weighted by atomic mass is 10.0. The zero-order valence-corrected chi connectivity index (χ0v) is 18.0. The zero-order chi connectivity index (χ0) is 21.2. The maximum atomic E-state index is 12.9. The number of benzene rings is 3. The van der Waals surface area contributed by atoms with Crippen molar-refractivity contribution in [2.24, 2.45) is 0 Å². The Kier molecular flexibility index (Phi) is 6.05. The number of carbonyl (C=O) groups is 1. The van der Waals surface area contributed by atoms with Crippen molar-refractivity contribution in [3.63, 3.8) is 0 Å². The van der Waals surface area contributed by atoms with Crippen LogP contribution in [0.25, 0.3) is 10.8 Å². The lowest BCUT2D eigenvalue weighted by molar-refractivity contribution is -0.121. The van der Waals surface area contributed by atoms with Gasteiger partial charge in [0.15, 0.2) is 0 Å². The lowest BCUT2D eigenvalue weighted by Gasteiger charge is -2.20. The van der Waals surface area contributed by atoms with Crippen molar-refractivity contribution in [1.82, 2.24) is 9.62 Å². The lowest BCUT2D eigenvalue weighted by Crippen LogP contribution is -2.39. The molecule has 0 saturated carbocycles. The number of fused-ring (bicyclic) bond motifs is 1. The average Bonchev–Trinajstić information content (AvgIpc) is 2.67. The molecule has 0 bridgehead atoms. The summed E-state index contributed by atoms with van der Waals surface area (Å²) in [7, 11) is -2.34. The van der Waals surface area contributed by atoms with Crippen molar-refractivity contribution in [2.45, 2.75) is 31.7 Å². The number of sulfonamides is 1. The molecule has 0 aromatic heterocycles. The van der Waals surface area contributed by atoms with Gasteiger partial charge in [-0.05, 0) is 54.8 Å². The highest BCUT2D eigenvalue weighted by Crippen LogP contribution is 2.22. The van der Waals surface area contributed by atoms with Gasteiger partial charge in [0, 0.05) is 7.05 Å². The number of aryl methyl sites for hydroxylation is 2. The quantitative estimate of drug-likeness (QED) is 0.669. The van der Waals surface area contributed by atoms with Crippen LogP contribution >= 0.6 is 0 Å². The SMILES string of the molecule is Cc1ccc(C(C)NC(=O)CN(C)S(=O)(=O)c2ccc3ccccc3c2)c(C)c1. The Balaban J connectivity index is 1.72. The highest BCUT2D eigenvalue weighted by Gasteiger charge is 2.24. The number of hydrogen-bond acceptors (Lipinski definition) is 3. The predicted octanol–water partition coefficient (Wildman–Crippen LogP) is 3.95. The Labute approximate surface area is 172 Å². The number of rotatable bonds is 6. The summed E-state index contributed by atoms with van der Waals surface area (Å²) in [6.07, 6.45) is 0. The molecule has 29 heavy (non-hydrogen) atoms. The highest BCUT2D eigenvalue weighted by atomic mass is 32.2. The fourth-order valence-electron chi connectivity index (χ4n) is 3.47. The molecule has 3 aromatic carbocycles. The molecule has 1 N–H and O–H groups in total. The van der Waals surface area contributed by atoms with Crippen LogP contribution in [0.5, 0.6) is 0 Å². The van der Waals surface area contributed by atoms with E-state index in [1.165, 1.54) is 7.05 Å². The van der Waals surface area contributed by atoms with Gasteiger partial charge in [0.05, 0.1) is 17.5 Å². The molecule has 1 unspecified atom stereocenters. The van der Waals surface area contributed by atoms with Crippen LogP contribution in [-0.4, -0.2) is 32.2 Å². The van der Waals surface area contributed by atoms with Crippen molar-refractivity contribution in [3.05, 3.63) is 77.4 Å². The van der Waals surface area contributed by atoms with E-state index in [4.69, 9.17) is 0 Å². The summed E-state index contributed by atoms with van der Waals surface area (Å²) in [6, 6.07) is 18.4. The first-order chi connectivity index (χ1) is 13.7. The van der Waals surface area contributed by atoms with E-state index in [0.717, 1.165) is 31.8 Å². The van der Waals surface area contributed by atoms with E-state index >= 15 is 0 Å². The minimum atomic E-state index is -3.77. The molecular formula is C23H26N2O3S. The van der Waals surface area contributed by atoms with Crippen LogP contribution < -0.4 is 5.32 Å². The fourth-order valence-corrected chi connectivity index (χ4v) is 4.63. The number of hydrogen-bond donors (Lipinski definition) is 1. The molecule has 5 nitrogen and oxygen atoms in total. The van der Waals surface area contributed by atoms with Gasteiger partial charge < -0.3 is 5.32 Å². The van der Waals surface area contributed by atoms with Gasteiger partial charge in [-0.3, -0.25) is 4.79 Å². The normalized spacial score (nSPS) is 12.9. The first-order valence-electron chi connectivity index (χ1n) is 9.50. The topological polar surface area (TPSA) is 66.5 Å². The monoisotopic (exact) mass is 410 g/mol. The van der Waals surface area contributed by atoms with Crippen molar-refractivity contribution in [2.75, 3.05) is 13.6 Å². The summed E-state index contributed by atoms with van der Waals surface area (Å²) < 4.78 is 26.9. The van der Waals surface area contributed by atoms with Crippen LogP contribution in [0.15, 0.2) is 65.6 Å². The minimum Gasteiger partial charge on any atom is -0.348 e. The largest absolute Gasteiger partial charge is 0.348 e. The third-order valence-electron chi connectivity index (χ3n) is 5.06. The number of amides is 1. The highest BCUT2D eigenvalue weighted by molar-refractivity contribution is 7.89. The fraction of sp³-hybridized carbons (Fsp3) is 0.261. The van der Waals surface area contributed by atoms with Crippen molar-refractivity contribution < 1.29 is 13.2 Å². The smallest absolute Gasteiger partial charge is 0.243 e. The van der Waals surface area contributed by atoms with Gasteiger partial charge in [-0.2, -0.15) is 4.31 Å². The number of nitrogens with zero attached hydrogens (tertiary/aromatic N) is 1. The summed E-state index contributed by atoms with van der Waals surface area (Å²) in [4.78, 5) is 12.7. The van der Waals surface area contributed by atoms with E-state index in [2.05, 4.69) is 11.4 Å². The van der Waals surface area contributed by atoms with Crippen molar-refractivity contribution in [3.8, 4) is 0 Å². The molecule has 6 heteroatoms. The summed E-state index contributed by atoms with van der Waals surface area (Å²) in [5.74, 6) is -0.343. The predicted molar refractivity (Wildman–Crippen MR) is 116 cm³/mol. The molecule has 1 atom stereocenters. The summed E-state index contributed by atoms with van der Waals surface area (Å²) in [5, 5.41) is 4.70. The van der Waals surface area contributed by atoms with Crippen LogP contribution in [0.1, 0.15) is 29.7 Å². The first-order valence-corrected chi connectivity index (χ1v) is 10.9. The van der Waals surface area contributed by atoms with Crippen molar-refractivity contribution >= 4 is 26.7 Å². The van der Waals surface area contributed by atoms with Crippen LogP contribution in [0.2, 0.25) is 0 Å². The third-order valence-corrected chi connectivity index (χ3v) is 6.86. The van der Waals surface area contributed by atoms with E-state index in [-0.39, 0.29) is 23.4 Å². The van der Waals surface area contributed by atoms with E-state index in [1.54, 1.807) is 18.2 Å². The second-order valence-corrected chi connectivity index (χ2v) is 9.46. The number of nitrogens with one attached hydrogen (secondary N) is 1. The number of carbonyl (C=O) groups excluding carboxylic acids is 1. The third kappa shape index (κ3) is 4.66. The Hall–Kier alpha value is -2.70. The maximum Gasteiger partial charge on any atom is 0.243 e. The Bertz CT molecular complexity index is 1160. The molecule has 0 spiro atoms. The van der Waals surface area contributed by atoms with Gasteiger partial charge >= 0.3 is 0 Å². The molecular weight excluding hydrogens is 384 g/mol. The maximum absolute atomic E-state index is 12.9. The molecule has 0 heterocycles. The Morgan fingerprint density at radius 3 is 2.38 bits per heavy atom. The van der Waals surface area contributed by atoms with Gasteiger partial charge in [-0.1, -0.05) is 54.1 Å². The van der Waals surface area contributed by atoms with E-state index in [1.807, 2.05) is 57.2 Å². The summed E-state index contributed by atoms with van der Waals surface area (Å²) >= 11 is 0. The molecule has 1 amide bonds. The molecule has 0 aliphatic heterocycles. The molecule has 3 rings (SSSR count). The average molecular weight is 411 g/mol. The van der Waals surface area contributed by atoms with Gasteiger partial charge in [0.1, 0.15) is 0 Å². The molecule has 0 aliphatic rings. The van der Waals surface area contributed by atoms with Crippen molar-refractivity contribution in [1.29, 1.82) is 0 Å². The Morgan fingerprint density at radius 1 is 1.00 bits per heavy atom.